The SMILES string of the molecule is CC(O)Cn1c(=O)[nH]c(=O)c2ccccc21. The van der Waals surface area contributed by atoms with Gasteiger partial charge in [-0.3, -0.25) is 14.3 Å². The normalized spacial score (nSPS) is 12.9. The first-order chi connectivity index (χ1) is 7.59. The molecule has 5 nitrogen and oxygen atoms in total. The summed E-state index contributed by atoms with van der Waals surface area (Å²) >= 11 is 0. The van der Waals surface area contributed by atoms with Gasteiger partial charge in [0.1, 0.15) is 0 Å². The minimum atomic E-state index is -0.646. The van der Waals surface area contributed by atoms with Crippen LogP contribution in [0.3, 0.4) is 0 Å². The third-order valence-corrected chi connectivity index (χ3v) is 2.35. The third kappa shape index (κ3) is 1.77. The Kier molecular flexibility index (Phi) is 2.62. The van der Waals surface area contributed by atoms with Gasteiger partial charge < -0.3 is 5.11 Å². The summed E-state index contributed by atoms with van der Waals surface area (Å²) < 4.78 is 1.36. The third-order valence-electron chi connectivity index (χ3n) is 2.35. The molecule has 0 saturated heterocycles. The van der Waals surface area contributed by atoms with E-state index in [2.05, 4.69) is 4.98 Å². The molecule has 0 saturated carbocycles. The van der Waals surface area contributed by atoms with Gasteiger partial charge in [-0.05, 0) is 19.1 Å². The van der Waals surface area contributed by atoms with Gasteiger partial charge in [0, 0.05) is 0 Å². The quantitative estimate of drug-likeness (QED) is 0.752. The van der Waals surface area contributed by atoms with Crippen LogP contribution in [0.15, 0.2) is 33.9 Å². The second kappa shape index (κ2) is 3.94. The van der Waals surface area contributed by atoms with Crippen LogP contribution in [-0.2, 0) is 6.54 Å². The van der Waals surface area contributed by atoms with Crippen molar-refractivity contribution in [2.24, 2.45) is 0 Å². The topological polar surface area (TPSA) is 75.1 Å². The molecule has 1 unspecified atom stereocenters. The highest BCUT2D eigenvalue weighted by Crippen LogP contribution is 2.06. The minimum Gasteiger partial charge on any atom is -0.392 e. The summed E-state index contributed by atoms with van der Waals surface area (Å²) in [5.74, 6) is 0. The van der Waals surface area contributed by atoms with E-state index in [4.69, 9.17) is 0 Å². The molecule has 16 heavy (non-hydrogen) atoms. The molecule has 1 atom stereocenters. The van der Waals surface area contributed by atoms with Crippen LogP contribution in [0.4, 0.5) is 0 Å². The lowest BCUT2D eigenvalue weighted by Crippen LogP contribution is -2.32. The second-order valence-corrected chi connectivity index (χ2v) is 3.74. The van der Waals surface area contributed by atoms with E-state index in [9.17, 15) is 14.7 Å². The zero-order valence-electron chi connectivity index (χ0n) is 8.80. The van der Waals surface area contributed by atoms with Crippen molar-refractivity contribution in [3.63, 3.8) is 0 Å². The Morgan fingerprint density at radius 1 is 1.38 bits per heavy atom. The number of aliphatic hydroxyl groups excluding tert-OH is 1. The van der Waals surface area contributed by atoms with Crippen LogP contribution in [-0.4, -0.2) is 20.8 Å². The number of hydrogen-bond acceptors (Lipinski definition) is 3. The van der Waals surface area contributed by atoms with E-state index in [1.54, 1.807) is 31.2 Å². The fourth-order valence-electron chi connectivity index (χ4n) is 1.69. The van der Waals surface area contributed by atoms with E-state index in [0.717, 1.165) is 0 Å². The summed E-state index contributed by atoms with van der Waals surface area (Å²) in [4.78, 5) is 25.3. The van der Waals surface area contributed by atoms with Gasteiger partial charge in [-0.2, -0.15) is 0 Å². The van der Waals surface area contributed by atoms with Crippen molar-refractivity contribution in [3.05, 3.63) is 45.1 Å². The van der Waals surface area contributed by atoms with E-state index in [-0.39, 0.29) is 6.54 Å². The minimum absolute atomic E-state index is 0.163. The Hall–Kier alpha value is -1.88. The van der Waals surface area contributed by atoms with Crippen molar-refractivity contribution < 1.29 is 5.11 Å². The van der Waals surface area contributed by atoms with Crippen molar-refractivity contribution in [1.29, 1.82) is 0 Å². The van der Waals surface area contributed by atoms with Gasteiger partial charge in [0.2, 0.25) is 0 Å². The maximum absolute atomic E-state index is 11.6. The molecule has 84 valence electrons. The molecule has 1 aromatic carbocycles. The van der Waals surface area contributed by atoms with E-state index in [1.165, 1.54) is 4.57 Å². The monoisotopic (exact) mass is 220 g/mol. The number of aliphatic hydroxyl groups is 1. The number of rotatable bonds is 2. The number of nitrogens with zero attached hydrogens (tertiary/aromatic N) is 1. The highest BCUT2D eigenvalue weighted by Gasteiger charge is 2.08. The van der Waals surface area contributed by atoms with E-state index < -0.39 is 17.4 Å². The Morgan fingerprint density at radius 2 is 2.06 bits per heavy atom. The molecule has 5 heteroatoms. The molecule has 2 aromatic rings. The first-order valence-corrected chi connectivity index (χ1v) is 4.99. The molecule has 0 bridgehead atoms. The van der Waals surface area contributed by atoms with E-state index in [1.807, 2.05) is 0 Å². The molecule has 0 aliphatic heterocycles. The summed E-state index contributed by atoms with van der Waals surface area (Å²) in [6.45, 7) is 1.75. The average molecular weight is 220 g/mol. The van der Waals surface area contributed by atoms with Crippen LogP contribution in [0.1, 0.15) is 6.92 Å². The smallest absolute Gasteiger partial charge is 0.328 e. The maximum atomic E-state index is 11.6. The first kappa shape index (κ1) is 10.6. The van der Waals surface area contributed by atoms with Crippen molar-refractivity contribution >= 4 is 10.9 Å². The Morgan fingerprint density at radius 3 is 2.75 bits per heavy atom. The molecule has 2 N–H and O–H groups in total. The lowest BCUT2D eigenvalue weighted by Gasteiger charge is -2.10. The van der Waals surface area contributed by atoms with Gasteiger partial charge in [0.15, 0.2) is 0 Å². The zero-order chi connectivity index (χ0) is 11.7. The van der Waals surface area contributed by atoms with Crippen LogP contribution in [0, 0.1) is 0 Å². The van der Waals surface area contributed by atoms with Crippen LogP contribution < -0.4 is 11.2 Å². The predicted octanol–water partition coefficient (Wildman–Crippen LogP) is 0.0706. The predicted molar refractivity (Wildman–Crippen MR) is 60.5 cm³/mol. The molecule has 0 radical (unpaired) electrons. The number of para-hydroxylation sites is 1. The molecule has 0 fully saturated rings. The number of H-pyrrole nitrogens is 1. The maximum Gasteiger partial charge on any atom is 0.328 e. The fraction of sp³-hybridized carbons (Fsp3) is 0.273. The van der Waals surface area contributed by atoms with Gasteiger partial charge in [0.25, 0.3) is 5.56 Å². The van der Waals surface area contributed by atoms with Gasteiger partial charge in [-0.1, -0.05) is 12.1 Å². The molecule has 1 heterocycles. The van der Waals surface area contributed by atoms with Crippen molar-refractivity contribution in [3.8, 4) is 0 Å². The molecule has 1 aromatic heterocycles. The average Bonchev–Trinajstić information content (AvgIpc) is 2.24. The number of aromatic amines is 1. The van der Waals surface area contributed by atoms with Gasteiger partial charge in [-0.15, -0.1) is 0 Å². The summed E-state index contributed by atoms with van der Waals surface area (Å²) in [5.41, 5.74) is -0.357. The van der Waals surface area contributed by atoms with Gasteiger partial charge in [-0.25, -0.2) is 4.79 Å². The molecule has 2 rings (SSSR count). The highest BCUT2D eigenvalue weighted by molar-refractivity contribution is 5.77. The molecule has 0 aliphatic carbocycles. The van der Waals surface area contributed by atoms with E-state index >= 15 is 0 Å². The largest absolute Gasteiger partial charge is 0.392 e. The molecular formula is C11H12N2O3. The van der Waals surface area contributed by atoms with Crippen molar-refractivity contribution in [2.45, 2.75) is 19.6 Å². The molecule has 0 spiro atoms. The zero-order valence-corrected chi connectivity index (χ0v) is 8.80. The molecule has 0 amide bonds. The number of aromatic nitrogens is 2. The standard InChI is InChI=1S/C11H12N2O3/c1-7(14)6-13-9-5-3-2-4-8(9)10(15)12-11(13)16/h2-5,7,14H,6H2,1H3,(H,12,15,16). The van der Waals surface area contributed by atoms with Crippen LogP contribution >= 0.6 is 0 Å². The lowest BCUT2D eigenvalue weighted by molar-refractivity contribution is 0.173. The Labute approximate surface area is 91.0 Å². The highest BCUT2D eigenvalue weighted by atomic mass is 16.3. The summed E-state index contributed by atoms with van der Waals surface area (Å²) in [6, 6.07) is 6.81. The van der Waals surface area contributed by atoms with Crippen molar-refractivity contribution in [1.82, 2.24) is 9.55 Å². The first-order valence-electron chi connectivity index (χ1n) is 4.99. The number of fused-ring (bicyclic) bond motifs is 1. The Balaban J connectivity index is 2.82. The summed E-state index contributed by atoms with van der Waals surface area (Å²) in [7, 11) is 0. The second-order valence-electron chi connectivity index (χ2n) is 3.74. The Bertz CT molecular complexity index is 625. The van der Waals surface area contributed by atoms with Gasteiger partial charge in [0.05, 0.1) is 23.6 Å². The van der Waals surface area contributed by atoms with E-state index in [0.29, 0.717) is 10.9 Å². The lowest BCUT2D eigenvalue weighted by atomic mass is 10.2. The van der Waals surface area contributed by atoms with Gasteiger partial charge >= 0.3 is 5.69 Å². The summed E-state index contributed by atoms with van der Waals surface area (Å²) in [5, 5.41) is 9.75. The number of benzene rings is 1. The van der Waals surface area contributed by atoms with Crippen molar-refractivity contribution in [2.75, 3.05) is 0 Å². The number of nitrogens with one attached hydrogen (secondary N) is 1. The van der Waals surface area contributed by atoms with Crippen LogP contribution in [0.2, 0.25) is 0 Å². The number of hydrogen-bond donors (Lipinski definition) is 2. The van der Waals surface area contributed by atoms with Crippen LogP contribution in [0.5, 0.6) is 0 Å². The molecule has 0 aliphatic rings. The fourth-order valence-corrected chi connectivity index (χ4v) is 1.69. The van der Waals surface area contributed by atoms with Crippen LogP contribution in [0.25, 0.3) is 10.9 Å². The molecular weight excluding hydrogens is 208 g/mol. The summed E-state index contributed by atoms with van der Waals surface area (Å²) in [6.07, 6.45) is -0.646.